The average molecular weight is 468 g/mol. The van der Waals surface area contributed by atoms with E-state index in [1.165, 1.54) is 12.1 Å². The minimum absolute atomic E-state index is 0.130. The molecule has 8 heteroatoms. The lowest BCUT2D eigenvalue weighted by molar-refractivity contribution is 0.0696. The SMILES string of the molecule is O=C(O)c1ccc(N=c2sc(/C=C3\C=Nc4ccccc43)c(O)n2C(=O)c2ccccc2)cc1. The quantitative estimate of drug-likeness (QED) is 0.434. The summed E-state index contributed by atoms with van der Waals surface area (Å²) < 4.78 is 1.16. The zero-order chi connectivity index (χ0) is 23.7. The number of carbonyl (C=O) groups excluding carboxylic acids is 1. The van der Waals surface area contributed by atoms with Crippen molar-refractivity contribution in [2.75, 3.05) is 0 Å². The molecular formula is C26H17N3O4S. The number of thiazole rings is 1. The van der Waals surface area contributed by atoms with E-state index < -0.39 is 11.9 Å². The summed E-state index contributed by atoms with van der Waals surface area (Å²) in [5.41, 5.74) is 3.55. The van der Waals surface area contributed by atoms with E-state index in [2.05, 4.69) is 9.98 Å². The predicted molar refractivity (Wildman–Crippen MR) is 131 cm³/mol. The topological polar surface area (TPSA) is 104 Å². The molecule has 0 spiro atoms. The zero-order valence-electron chi connectivity index (χ0n) is 17.6. The number of rotatable bonds is 4. The van der Waals surface area contributed by atoms with Crippen LogP contribution in [0.15, 0.2) is 88.8 Å². The number of nitrogens with zero attached hydrogens (tertiary/aromatic N) is 3. The number of carboxylic acid groups (broad SMARTS) is 1. The van der Waals surface area contributed by atoms with Crippen molar-refractivity contribution < 1.29 is 19.8 Å². The van der Waals surface area contributed by atoms with Crippen molar-refractivity contribution in [1.29, 1.82) is 0 Å². The number of allylic oxidation sites excluding steroid dienone is 1. The molecule has 1 aromatic heterocycles. The van der Waals surface area contributed by atoms with E-state index >= 15 is 0 Å². The van der Waals surface area contributed by atoms with Gasteiger partial charge in [-0.05, 0) is 48.5 Å². The van der Waals surface area contributed by atoms with Gasteiger partial charge in [0, 0.05) is 22.9 Å². The van der Waals surface area contributed by atoms with E-state index in [4.69, 9.17) is 5.11 Å². The number of aliphatic imine (C=N–C) groups is 1. The van der Waals surface area contributed by atoms with Crippen molar-refractivity contribution in [2.24, 2.45) is 9.98 Å². The van der Waals surface area contributed by atoms with E-state index in [0.29, 0.717) is 16.1 Å². The number of para-hydroxylation sites is 1. The molecule has 1 aliphatic rings. The van der Waals surface area contributed by atoms with E-state index in [1.807, 2.05) is 24.3 Å². The Balaban J connectivity index is 1.66. The summed E-state index contributed by atoms with van der Waals surface area (Å²) in [6, 6.07) is 22.3. The summed E-state index contributed by atoms with van der Waals surface area (Å²) in [5.74, 6) is -1.70. The van der Waals surface area contributed by atoms with E-state index in [0.717, 1.165) is 32.7 Å². The molecule has 0 atom stereocenters. The van der Waals surface area contributed by atoms with Gasteiger partial charge >= 0.3 is 5.97 Å². The van der Waals surface area contributed by atoms with Gasteiger partial charge in [-0.1, -0.05) is 47.7 Å². The third kappa shape index (κ3) is 3.98. The molecule has 0 radical (unpaired) electrons. The average Bonchev–Trinajstić information content (AvgIpc) is 3.40. The maximum absolute atomic E-state index is 13.3. The molecule has 2 heterocycles. The molecule has 0 aliphatic carbocycles. The van der Waals surface area contributed by atoms with Crippen molar-refractivity contribution in [3.05, 3.63) is 105 Å². The summed E-state index contributed by atoms with van der Waals surface area (Å²) in [7, 11) is 0. The Morgan fingerprint density at radius 3 is 2.35 bits per heavy atom. The number of fused-ring (bicyclic) bond motifs is 1. The number of hydrogen-bond acceptors (Lipinski definition) is 6. The van der Waals surface area contributed by atoms with Crippen LogP contribution in [0.25, 0.3) is 11.6 Å². The third-order valence-corrected chi connectivity index (χ3v) is 6.21. The Bertz CT molecular complexity index is 1550. The van der Waals surface area contributed by atoms with Gasteiger partial charge in [0.25, 0.3) is 5.91 Å². The van der Waals surface area contributed by atoms with Gasteiger partial charge in [-0.2, -0.15) is 0 Å². The number of carboxylic acids is 1. The van der Waals surface area contributed by atoms with Gasteiger partial charge in [0.15, 0.2) is 0 Å². The second kappa shape index (κ2) is 8.76. The summed E-state index contributed by atoms with van der Waals surface area (Å²) in [6.45, 7) is 0. The monoisotopic (exact) mass is 467 g/mol. The molecule has 0 saturated carbocycles. The van der Waals surface area contributed by atoms with E-state index in [9.17, 15) is 14.7 Å². The Labute approximate surface area is 198 Å². The molecule has 4 aromatic rings. The summed E-state index contributed by atoms with van der Waals surface area (Å²) in [5, 5.41) is 20.2. The highest BCUT2D eigenvalue weighted by atomic mass is 32.1. The molecule has 34 heavy (non-hydrogen) atoms. The van der Waals surface area contributed by atoms with Crippen molar-refractivity contribution in [3.8, 4) is 5.88 Å². The van der Waals surface area contributed by atoms with Crippen LogP contribution in [0, 0.1) is 0 Å². The first-order chi connectivity index (χ1) is 16.5. The Kier molecular flexibility index (Phi) is 5.49. The van der Waals surface area contributed by atoms with Crippen LogP contribution in [0.4, 0.5) is 11.4 Å². The van der Waals surface area contributed by atoms with Gasteiger partial charge in [-0.3, -0.25) is 9.79 Å². The smallest absolute Gasteiger partial charge is 0.335 e. The van der Waals surface area contributed by atoms with Crippen molar-refractivity contribution in [3.63, 3.8) is 0 Å². The van der Waals surface area contributed by atoms with Gasteiger partial charge < -0.3 is 10.2 Å². The molecule has 0 bridgehead atoms. The number of carbonyl (C=O) groups is 2. The first-order valence-corrected chi connectivity index (χ1v) is 11.1. The van der Waals surface area contributed by atoms with Crippen LogP contribution < -0.4 is 4.80 Å². The molecule has 0 unspecified atom stereocenters. The van der Waals surface area contributed by atoms with Crippen molar-refractivity contribution in [2.45, 2.75) is 0 Å². The maximum atomic E-state index is 13.3. The van der Waals surface area contributed by atoms with Gasteiger partial charge in [-0.15, -0.1) is 0 Å². The summed E-state index contributed by atoms with van der Waals surface area (Å²) in [4.78, 5) is 34.1. The summed E-state index contributed by atoms with van der Waals surface area (Å²) >= 11 is 1.15. The second-order valence-electron chi connectivity index (χ2n) is 7.42. The van der Waals surface area contributed by atoms with Gasteiger partial charge in [-0.25, -0.2) is 14.4 Å². The second-order valence-corrected chi connectivity index (χ2v) is 8.43. The first kappa shape index (κ1) is 21.3. The molecule has 0 fully saturated rings. The minimum atomic E-state index is -1.04. The third-order valence-electron chi connectivity index (χ3n) is 5.23. The highest BCUT2D eigenvalue weighted by Gasteiger charge is 2.20. The number of benzene rings is 3. The maximum Gasteiger partial charge on any atom is 0.335 e. The number of aromatic hydroxyl groups is 1. The van der Waals surface area contributed by atoms with Gasteiger partial charge in [0.1, 0.15) is 0 Å². The number of aromatic nitrogens is 1. The van der Waals surface area contributed by atoms with Crippen molar-refractivity contribution in [1.82, 2.24) is 4.57 Å². The van der Waals surface area contributed by atoms with Crippen LogP contribution >= 0.6 is 11.3 Å². The lowest BCUT2D eigenvalue weighted by Crippen LogP contribution is -2.23. The van der Waals surface area contributed by atoms with Crippen molar-refractivity contribution >= 4 is 52.5 Å². The Morgan fingerprint density at radius 1 is 0.912 bits per heavy atom. The number of aromatic carboxylic acids is 1. The van der Waals surface area contributed by atoms with Crippen LogP contribution in [-0.2, 0) is 0 Å². The van der Waals surface area contributed by atoms with Crippen LogP contribution in [0.5, 0.6) is 5.88 Å². The van der Waals surface area contributed by atoms with Crippen LogP contribution in [0.1, 0.15) is 31.2 Å². The molecule has 0 saturated heterocycles. The Morgan fingerprint density at radius 2 is 1.62 bits per heavy atom. The molecule has 0 amide bonds. The normalized spacial score (nSPS) is 13.9. The van der Waals surface area contributed by atoms with Crippen LogP contribution in [-0.4, -0.2) is 32.9 Å². The van der Waals surface area contributed by atoms with Crippen LogP contribution in [0.3, 0.4) is 0 Å². The molecule has 2 N–H and O–H groups in total. The lowest BCUT2D eigenvalue weighted by atomic mass is 10.1. The fourth-order valence-corrected chi connectivity index (χ4v) is 4.51. The number of hydrogen-bond donors (Lipinski definition) is 2. The molecule has 3 aromatic carbocycles. The summed E-state index contributed by atoms with van der Waals surface area (Å²) in [6.07, 6.45) is 3.49. The minimum Gasteiger partial charge on any atom is -0.493 e. The molecule has 7 nitrogen and oxygen atoms in total. The van der Waals surface area contributed by atoms with Gasteiger partial charge in [0.2, 0.25) is 10.7 Å². The Hall–Kier alpha value is -4.56. The fourth-order valence-electron chi connectivity index (χ4n) is 3.53. The van der Waals surface area contributed by atoms with E-state index in [-0.39, 0.29) is 16.2 Å². The standard InChI is InChI=1S/C26H17N3O4S/c30-23(16-6-2-1-3-7-16)29-24(31)22(14-18-15-27-21-9-5-4-8-20(18)21)34-26(29)28-19-12-10-17(11-13-19)25(32)33/h1-15,31H,(H,32,33)/b18-14+,28-26?. The van der Waals surface area contributed by atoms with E-state index in [1.54, 1.807) is 54.8 Å². The molecule has 5 rings (SSSR count). The van der Waals surface area contributed by atoms with Gasteiger partial charge in [0.05, 0.1) is 21.8 Å². The highest BCUT2D eigenvalue weighted by Crippen LogP contribution is 2.34. The fraction of sp³-hybridized carbons (Fsp3) is 0. The molecule has 1 aliphatic heterocycles. The zero-order valence-corrected chi connectivity index (χ0v) is 18.4. The molecule has 166 valence electrons. The molecular weight excluding hydrogens is 450 g/mol. The first-order valence-electron chi connectivity index (χ1n) is 10.3. The lowest BCUT2D eigenvalue weighted by Gasteiger charge is -2.04. The largest absolute Gasteiger partial charge is 0.493 e. The highest BCUT2D eigenvalue weighted by molar-refractivity contribution is 7.10. The predicted octanol–water partition coefficient (Wildman–Crippen LogP) is 5.13. The van der Waals surface area contributed by atoms with Crippen LogP contribution in [0.2, 0.25) is 0 Å².